The normalized spacial score (nSPS) is 15.4. The average molecular weight is 456 g/mol. The second kappa shape index (κ2) is 9.73. The van der Waals surface area contributed by atoms with Crippen molar-refractivity contribution in [2.24, 2.45) is 0 Å². The lowest BCUT2D eigenvalue weighted by molar-refractivity contribution is 0.102. The second-order valence-corrected chi connectivity index (χ2v) is 8.13. The number of hydrogen-bond acceptors (Lipinski definition) is 6. The van der Waals surface area contributed by atoms with Crippen molar-refractivity contribution >= 4 is 34.6 Å². The highest BCUT2D eigenvalue weighted by Crippen LogP contribution is 2.35. The number of rotatable bonds is 6. The molecule has 3 aromatic rings. The Morgan fingerprint density at radius 1 is 1.19 bits per heavy atom. The number of halogens is 1. The fourth-order valence-corrected chi connectivity index (χ4v) is 4.40. The number of amides is 3. The van der Waals surface area contributed by atoms with Crippen LogP contribution >= 0.6 is 11.3 Å². The monoisotopic (exact) mass is 455 g/mol. The van der Waals surface area contributed by atoms with Crippen LogP contribution < -0.4 is 15.4 Å². The summed E-state index contributed by atoms with van der Waals surface area (Å²) >= 11 is 1.13. The fraction of sp³-hybridized carbons (Fsp3) is 0.273. The van der Waals surface area contributed by atoms with E-state index in [0.717, 1.165) is 24.2 Å². The molecule has 1 atom stereocenters. The number of nitrogens with one attached hydrogen (secondary N) is 2. The Hall–Kier alpha value is -3.53. The van der Waals surface area contributed by atoms with Crippen LogP contribution in [-0.2, 0) is 0 Å². The molecule has 8 nitrogen and oxygen atoms in total. The minimum Gasteiger partial charge on any atom is -0.492 e. The molecule has 32 heavy (non-hydrogen) atoms. The van der Waals surface area contributed by atoms with Crippen LogP contribution in [0, 0.1) is 5.82 Å². The molecule has 0 bridgehead atoms. The summed E-state index contributed by atoms with van der Waals surface area (Å²) in [5.74, 6) is -0.315. The number of likely N-dealkylation sites (tertiary alicyclic amines) is 1. The molecule has 0 saturated carbocycles. The zero-order valence-electron chi connectivity index (χ0n) is 17.4. The molecule has 1 fully saturated rings. The maximum Gasteiger partial charge on any atom is 0.322 e. The summed E-state index contributed by atoms with van der Waals surface area (Å²) in [6.07, 6.45) is 1.54. The SMILES string of the molecule is CCOc1ccccc1NC(=O)N1CCCC1c1nnc(C(=O)Nc2cccc(F)c2)s1. The van der Waals surface area contributed by atoms with Crippen molar-refractivity contribution in [2.45, 2.75) is 25.8 Å². The first kappa shape index (κ1) is 21.7. The lowest BCUT2D eigenvalue weighted by Gasteiger charge is -2.23. The lowest BCUT2D eigenvalue weighted by atomic mass is 10.2. The molecular formula is C22H22FN5O3S. The van der Waals surface area contributed by atoms with Gasteiger partial charge in [0.15, 0.2) is 0 Å². The standard InChI is InChI=1S/C22H22FN5O3S/c1-2-31-18-11-4-3-9-16(18)25-22(30)28-12-6-10-17(28)20-26-27-21(32-20)19(29)24-15-8-5-7-14(23)13-15/h3-5,7-9,11,13,17H,2,6,10,12H2,1H3,(H,24,29)(H,25,30). The predicted octanol–water partition coefficient (Wildman–Crippen LogP) is 4.70. The van der Waals surface area contributed by atoms with E-state index in [9.17, 15) is 14.0 Å². The minimum atomic E-state index is -0.473. The fourth-order valence-electron chi connectivity index (χ4n) is 3.52. The third-order valence-corrected chi connectivity index (χ3v) is 5.97. The Morgan fingerprint density at radius 2 is 2.03 bits per heavy atom. The number of carbonyl (C=O) groups excluding carboxylic acids is 2. The van der Waals surface area contributed by atoms with E-state index in [1.54, 1.807) is 23.1 Å². The van der Waals surface area contributed by atoms with Gasteiger partial charge in [-0.25, -0.2) is 9.18 Å². The quantitative estimate of drug-likeness (QED) is 0.562. The molecule has 166 valence electrons. The first-order valence-electron chi connectivity index (χ1n) is 10.2. The van der Waals surface area contributed by atoms with Gasteiger partial charge in [-0.3, -0.25) is 4.79 Å². The number of benzene rings is 2. The highest BCUT2D eigenvalue weighted by Gasteiger charge is 2.33. The van der Waals surface area contributed by atoms with E-state index in [1.807, 2.05) is 19.1 Å². The zero-order valence-corrected chi connectivity index (χ0v) is 18.2. The maximum absolute atomic E-state index is 13.3. The number of para-hydroxylation sites is 2. The van der Waals surface area contributed by atoms with E-state index in [4.69, 9.17) is 4.74 Å². The highest BCUT2D eigenvalue weighted by atomic mass is 32.1. The lowest BCUT2D eigenvalue weighted by Crippen LogP contribution is -2.34. The van der Waals surface area contributed by atoms with E-state index in [-0.39, 0.29) is 17.1 Å². The van der Waals surface area contributed by atoms with Crippen LogP contribution in [-0.4, -0.2) is 40.2 Å². The van der Waals surface area contributed by atoms with Gasteiger partial charge >= 0.3 is 6.03 Å². The first-order chi connectivity index (χ1) is 15.5. The van der Waals surface area contributed by atoms with Gasteiger partial charge in [0.1, 0.15) is 16.6 Å². The number of hydrogen-bond donors (Lipinski definition) is 2. The number of urea groups is 1. The molecule has 0 aliphatic carbocycles. The molecule has 1 unspecified atom stereocenters. The molecule has 10 heteroatoms. The van der Waals surface area contributed by atoms with Gasteiger partial charge in [-0.1, -0.05) is 29.5 Å². The van der Waals surface area contributed by atoms with Crippen LogP contribution in [0.5, 0.6) is 5.75 Å². The van der Waals surface area contributed by atoms with E-state index in [1.165, 1.54) is 18.2 Å². The molecule has 1 saturated heterocycles. The van der Waals surface area contributed by atoms with Gasteiger partial charge in [-0.05, 0) is 50.1 Å². The number of aromatic nitrogens is 2. The Balaban J connectivity index is 1.45. The number of ether oxygens (including phenoxy) is 1. The molecule has 4 rings (SSSR count). The Labute approximate surface area is 188 Å². The van der Waals surface area contributed by atoms with E-state index in [0.29, 0.717) is 35.3 Å². The molecule has 1 aliphatic rings. The van der Waals surface area contributed by atoms with Crippen molar-refractivity contribution in [3.63, 3.8) is 0 Å². The Bertz CT molecular complexity index is 1120. The zero-order chi connectivity index (χ0) is 22.5. The third-order valence-electron chi connectivity index (χ3n) is 4.94. The number of carbonyl (C=O) groups is 2. The highest BCUT2D eigenvalue weighted by molar-refractivity contribution is 7.13. The minimum absolute atomic E-state index is 0.151. The molecule has 0 spiro atoms. The van der Waals surface area contributed by atoms with E-state index >= 15 is 0 Å². The number of anilines is 2. The molecule has 2 aromatic carbocycles. The van der Waals surface area contributed by atoms with Crippen molar-refractivity contribution in [3.8, 4) is 5.75 Å². The summed E-state index contributed by atoms with van der Waals surface area (Å²) in [6.45, 7) is 2.94. The van der Waals surface area contributed by atoms with Gasteiger partial charge in [-0.2, -0.15) is 0 Å². The molecular weight excluding hydrogens is 433 g/mol. The summed E-state index contributed by atoms with van der Waals surface area (Å²) < 4.78 is 18.9. The summed E-state index contributed by atoms with van der Waals surface area (Å²) in [4.78, 5) is 27.1. The van der Waals surface area contributed by atoms with Gasteiger partial charge in [-0.15, -0.1) is 10.2 Å². The van der Waals surface area contributed by atoms with Gasteiger partial charge in [0.25, 0.3) is 5.91 Å². The summed E-state index contributed by atoms with van der Waals surface area (Å²) in [5.41, 5.74) is 0.930. The smallest absolute Gasteiger partial charge is 0.322 e. The molecule has 1 aromatic heterocycles. The first-order valence-corrected chi connectivity index (χ1v) is 11.1. The van der Waals surface area contributed by atoms with Gasteiger partial charge in [0.2, 0.25) is 5.01 Å². The van der Waals surface area contributed by atoms with Crippen LogP contribution in [0.2, 0.25) is 0 Å². The summed E-state index contributed by atoms with van der Waals surface area (Å²) in [7, 11) is 0. The van der Waals surface area contributed by atoms with Crippen molar-refractivity contribution < 1.29 is 18.7 Å². The topological polar surface area (TPSA) is 96.4 Å². The van der Waals surface area contributed by atoms with E-state index in [2.05, 4.69) is 20.8 Å². The average Bonchev–Trinajstić information content (AvgIpc) is 3.45. The van der Waals surface area contributed by atoms with Crippen LogP contribution in [0.25, 0.3) is 0 Å². The third kappa shape index (κ3) is 4.86. The van der Waals surface area contributed by atoms with Crippen LogP contribution in [0.3, 0.4) is 0 Å². The predicted molar refractivity (Wildman–Crippen MR) is 120 cm³/mol. The molecule has 3 amide bonds. The second-order valence-electron chi connectivity index (χ2n) is 7.12. The largest absolute Gasteiger partial charge is 0.492 e. The van der Waals surface area contributed by atoms with Crippen molar-refractivity contribution in [2.75, 3.05) is 23.8 Å². The van der Waals surface area contributed by atoms with Crippen molar-refractivity contribution in [1.29, 1.82) is 0 Å². The van der Waals surface area contributed by atoms with Gasteiger partial charge < -0.3 is 20.3 Å². The van der Waals surface area contributed by atoms with Gasteiger partial charge in [0.05, 0.1) is 18.3 Å². The summed E-state index contributed by atoms with van der Waals surface area (Å²) in [5, 5.41) is 14.4. The van der Waals surface area contributed by atoms with E-state index < -0.39 is 11.7 Å². The molecule has 2 heterocycles. The molecule has 2 N–H and O–H groups in total. The Kier molecular flexibility index (Phi) is 6.60. The number of nitrogens with zero attached hydrogens (tertiary/aromatic N) is 3. The molecule has 1 aliphatic heterocycles. The van der Waals surface area contributed by atoms with Crippen LogP contribution in [0.4, 0.5) is 20.6 Å². The molecule has 0 radical (unpaired) electrons. The summed E-state index contributed by atoms with van der Waals surface area (Å²) in [6, 6.07) is 12.3. The van der Waals surface area contributed by atoms with Crippen molar-refractivity contribution in [1.82, 2.24) is 15.1 Å². The van der Waals surface area contributed by atoms with Crippen LogP contribution in [0.1, 0.15) is 40.6 Å². The van der Waals surface area contributed by atoms with Crippen molar-refractivity contribution in [3.05, 3.63) is 64.4 Å². The van der Waals surface area contributed by atoms with Gasteiger partial charge in [0, 0.05) is 12.2 Å². The van der Waals surface area contributed by atoms with Crippen LogP contribution in [0.15, 0.2) is 48.5 Å². The Morgan fingerprint density at radius 3 is 2.84 bits per heavy atom. The maximum atomic E-state index is 13.3.